The third kappa shape index (κ3) is 4.96. The van der Waals surface area contributed by atoms with Gasteiger partial charge in [-0.3, -0.25) is 14.5 Å². The summed E-state index contributed by atoms with van der Waals surface area (Å²) in [6, 6.07) is 9.95. The monoisotopic (exact) mass is 425 g/mol. The number of rotatable bonds is 8. The van der Waals surface area contributed by atoms with Gasteiger partial charge in [-0.15, -0.1) is 0 Å². The molecular weight excluding hydrogens is 398 g/mol. The number of hydrogen-bond donors (Lipinski definition) is 2. The first-order valence-corrected chi connectivity index (χ1v) is 10.1. The van der Waals surface area contributed by atoms with Crippen molar-refractivity contribution in [3.8, 4) is 11.5 Å². The maximum atomic E-state index is 12.6. The molecule has 0 aromatic heterocycles. The number of anilines is 1. The Hall–Kier alpha value is -3.55. The zero-order valence-corrected chi connectivity index (χ0v) is 18.2. The van der Waals surface area contributed by atoms with Crippen molar-refractivity contribution in [1.82, 2.24) is 10.2 Å². The van der Waals surface area contributed by atoms with Gasteiger partial charge in [0.25, 0.3) is 11.8 Å². The molecule has 0 unspecified atom stereocenters. The summed E-state index contributed by atoms with van der Waals surface area (Å²) in [5.41, 5.74) is 2.12. The highest BCUT2D eigenvalue weighted by Gasteiger charge is 2.35. The van der Waals surface area contributed by atoms with Gasteiger partial charge in [0.15, 0.2) is 11.5 Å². The van der Waals surface area contributed by atoms with Crippen LogP contribution in [0.2, 0.25) is 0 Å². The van der Waals surface area contributed by atoms with Gasteiger partial charge in [-0.2, -0.15) is 0 Å². The summed E-state index contributed by atoms with van der Waals surface area (Å²) in [5, 5.41) is 5.50. The van der Waals surface area contributed by atoms with Crippen molar-refractivity contribution < 1.29 is 23.9 Å². The molecule has 8 heteroatoms. The normalized spacial score (nSPS) is 12.7. The van der Waals surface area contributed by atoms with E-state index in [0.717, 1.165) is 5.56 Å². The van der Waals surface area contributed by atoms with Gasteiger partial charge < -0.3 is 20.1 Å². The predicted octanol–water partition coefficient (Wildman–Crippen LogP) is 3.32. The van der Waals surface area contributed by atoms with Crippen LogP contribution in [0.4, 0.5) is 10.5 Å². The molecule has 31 heavy (non-hydrogen) atoms. The quantitative estimate of drug-likeness (QED) is 0.633. The van der Waals surface area contributed by atoms with E-state index in [2.05, 4.69) is 10.6 Å². The Kier molecular flexibility index (Phi) is 6.79. The van der Waals surface area contributed by atoms with Gasteiger partial charge in [-0.25, -0.2) is 4.79 Å². The van der Waals surface area contributed by atoms with E-state index < -0.39 is 6.03 Å². The van der Waals surface area contributed by atoms with E-state index in [9.17, 15) is 14.4 Å². The maximum Gasteiger partial charge on any atom is 0.319 e. The summed E-state index contributed by atoms with van der Waals surface area (Å²) in [5.74, 6) is 0.837. The standard InChI is InChI=1S/C23H27N3O5/c1-14(2)13-26-21(27)17-7-6-16(12-18(17)22(26)28)25-23(29)24-10-9-15-5-8-19(30-3)20(11-15)31-4/h5-8,11-12,14H,9-10,13H2,1-4H3,(H2,24,25,29). The highest BCUT2D eigenvalue weighted by molar-refractivity contribution is 6.21. The summed E-state index contributed by atoms with van der Waals surface area (Å²) in [6.07, 6.45) is 0.606. The van der Waals surface area contributed by atoms with Crippen LogP contribution in [-0.4, -0.2) is 50.1 Å². The van der Waals surface area contributed by atoms with Gasteiger partial charge in [-0.1, -0.05) is 19.9 Å². The lowest BCUT2D eigenvalue weighted by molar-refractivity contribution is 0.0636. The van der Waals surface area contributed by atoms with E-state index in [-0.39, 0.29) is 17.7 Å². The van der Waals surface area contributed by atoms with Gasteiger partial charge in [0.05, 0.1) is 25.3 Å². The molecule has 2 N–H and O–H groups in total. The van der Waals surface area contributed by atoms with Crippen molar-refractivity contribution in [3.63, 3.8) is 0 Å². The van der Waals surface area contributed by atoms with E-state index in [1.165, 1.54) is 4.90 Å². The molecule has 0 bridgehead atoms. The lowest BCUT2D eigenvalue weighted by Gasteiger charge is -2.15. The lowest BCUT2D eigenvalue weighted by atomic mass is 10.1. The highest BCUT2D eigenvalue weighted by atomic mass is 16.5. The number of amides is 4. The van der Waals surface area contributed by atoms with Crippen molar-refractivity contribution in [2.75, 3.05) is 32.6 Å². The first-order chi connectivity index (χ1) is 14.8. The second-order valence-corrected chi connectivity index (χ2v) is 7.70. The number of nitrogens with one attached hydrogen (secondary N) is 2. The number of hydrogen-bond acceptors (Lipinski definition) is 5. The maximum absolute atomic E-state index is 12.6. The molecule has 0 spiro atoms. The molecule has 0 atom stereocenters. The van der Waals surface area contributed by atoms with Gasteiger partial charge in [0.1, 0.15) is 0 Å². The SMILES string of the molecule is COc1ccc(CCNC(=O)Nc2ccc3c(c2)C(=O)N(CC(C)C)C3=O)cc1OC. The largest absolute Gasteiger partial charge is 0.493 e. The molecule has 0 aliphatic carbocycles. The summed E-state index contributed by atoms with van der Waals surface area (Å²) >= 11 is 0. The molecule has 4 amide bonds. The van der Waals surface area contributed by atoms with Crippen LogP contribution in [0.5, 0.6) is 11.5 Å². The van der Waals surface area contributed by atoms with E-state index in [0.29, 0.717) is 47.8 Å². The van der Waals surface area contributed by atoms with Crippen molar-refractivity contribution in [3.05, 3.63) is 53.1 Å². The Balaban J connectivity index is 1.57. The molecule has 1 aliphatic rings. The second kappa shape index (κ2) is 9.51. The first-order valence-electron chi connectivity index (χ1n) is 10.1. The molecule has 0 saturated heterocycles. The first kappa shape index (κ1) is 22.1. The van der Waals surface area contributed by atoms with Gasteiger partial charge >= 0.3 is 6.03 Å². The van der Waals surface area contributed by atoms with Crippen molar-refractivity contribution >= 4 is 23.5 Å². The van der Waals surface area contributed by atoms with Gasteiger partial charge in [0.2, 0.25) is 0 Å². The molecule has 0 radical (unpaired) electrons. The topological polar surface area (TPSA) is 97.0 Å². The van der Waals surface area contributed by atoms with Crippen LogP contribution in [0.3, 0.4) is 0 Å². The Morgan fingerprint density at radius 2 is 1.68 bits per heavy atom. The number of fused-ring (bicyclic) bond motifs is 1. The zero-order chi connectivity index (χ0) is 22.5. The molecule has 2 aromatic rings. The van der Waals surface area contributed by atoms with E-state index in [1.807, 2.05) is 32.0 Å². The zero-order valence-electron chi connectivity index (χ0n) is 18.2. The number of benzene rings is 2. The number of urea groups is 1. The van der Waals surface area contributed by atoms with Crippen LogP contribution in [0.15, 0.2) is 36.4 Å². The van der Waals surface area contributed by atoms with E-state index in [1.54, 1.807) is 32.4 Å². The average molecular weight is 425 g/mol. The number of carbonyl (C=O) groups excluding carboxylic acids is 3. The smallest absolute Gasteiger partial charge is 0.319 e. The van der Waals surface area contributed by atoms with Crippen molar-refractivity contribution in [2.24, 2.45) is 5.92 Å². The van der Waals surface area contributed by atoms with Crippen LogP contribution < -0.4 is 20.1 Å². The fourth-order valence-electron chi connectivity index (χ4n) is 3.43. The molecule has 1 aliphatic heterocycles. The van der Waals surface area contributed by atoms with E-state index in [4.69, 9.17) is 9.47 Å². The Morgan fingerprint density at radius 3 is 2.35 bits per heavy atom. The molecule has 8 nitrogen and oxygen atoms in total. The summed E-state index contributed by atoms with van der Waals surface area (Å²) in [6.45, 7) is 4.67. The Bertz CT molecular complexity index is 1000. The van der Waals surface area contributed by atoms with Crippen LogP contribution >= 0.6 is 0 Å². The second-order valence-electron chi connectivity index (χ2n) is 7.70. The average Bonchev–Trinajstić information content (AvgIpc) is 2.97. The predicted molar refractivity (Wildman–Crippen MR) is 117 cm³/mol. The van der Waals surface area contributed by atoms with Crippen molar-refractivity contribution in [1.29, 1.82) is 0 Å². The van der Waals surface area contributed by atoms with Crippen molar-refractivity contribution in [2.45, 2.75) is 20.3 Å². The van der Waals surface area contributed by atoms with E-state index >= 15 is 0 Å². The number of imide groups is 1. The summed E-state index contributed by atoms with van der Waals surface area (Å²) in [4.78, 5) is 38.5. The van der Waals surface area contributed by atoms with Gasteiger partial charge in [-0.05, 0) is 48.2 Å². The Labute approximate surface area is 181 Å². The molecule has 3 rings (SSSR count). The third-order valence-electron chi connectivity index (χ3n) is 4.92. The molecule has 164 valence electrons. The molecule has 1 heterocycles. The lowest BCUT2D eigenvalue weighted by Crippen LogP contribution is -2.33. The fourth-order valence-corrected chi connectivity index (χ4v) is 3.43. The number of carbonyl (C=O) groups is 3. The highest BCUT2D eigenvalue weighted by Crippen LogP contribution is 2.28. The van der Waals surface area contributed by atoms with Crippen LogP contribution in [-0.2, 0) is 6.42 Å². The van der Waals surface area contributed by atoms with Crippen LogP contribution in [0.25, 0.3) is 0 Å². The molecule has 2 aromatic carbocycles. The minimum absolute atomic E-state index is 0.177. The fraction of sp³-hybridized carbons (Fsp3) is 0.348. The minimum Gasteiger partial charge on any atom is -0.493 e. The minimum atomic E-state index is -0.392. The molecule has 0 saturated carbocycles. The van der Waals surface area contributed by atoms with Crippen LogP contribution in [0, 0.1) is 5.92 Å². The third-order valence-corrected chi connectivity index (χ3v) is 4.92. The summed E-state index contributed by atoms with van der Waals surface area (Å²) in [7, 11) is 3.15. The Morgan fingerprint density at radius 1 is 0.968 bits per heavy atom. The molecule has 0 fully saturated rings. The van der Waals surface area contributed by atoms with Gasteiger partial charge in [0, 0.05) is 18.8 Å². The van der Waals surface area contributed by atoms with Crippen LogP contribution in [0.1, 0.15) is 40.1 Å². The number of nitrogens with zero attached hydrogens (tertiary/aromatic N) is 1. The molecular formula is C23H27N3O5. The number of methoxy groups -OCH3 is 2. The summed E-state index contributed by atoms with van der Waals surface area (Å²) < 4.78 is 10.5. The number of ether oxygens (including phenoxy) is 2.